The monoisotopic (exact) mass is 413 g/mol. The Morgan fingerprint density at radius 1 is 1.28 bits per heavy atom. The number of hydrogen-bond acceptors (Lipinski definition) is 8. The van der Waals surface area contributed by atoms with Gasteiger partial charge in [-0.3, -0.25) is 4.79 Å². The Morgan fingerprint density at radius 3 is 2.72 bits per heavy atom. The first-order chi connectivity index (χ1) is 14.0. The molecule has 1 amide bonds. The fraction of sp³-hybridized carbons (Fsp3) is 0.316. The lowest BCUT2D eigenvalue weighted by molar-refractivity contribution is -0.109. The van der Waals surface area contributed by atoms with Crippen LogP contribution in [-0.4, -0.2) is 58.4 Å². The lowest BCUT2D eigenvalue weighted by Gasteiger charge is -2.17. The standard InChI is InChI=1S/C19H23N7O2S/c1-12-16(26(2)3)19(29-25-12)20-10-14(11-27)21-18(28)17-22-15(23-24-17)9-13-7-5-4-6-8-13/h4-8,11,14,20H,9-10H2,1-3H3,(H,21,28)(H,22,23,24)/t14-/m0/s1. The van der Waals surface area contributed by atoms with Gasteiger partial charge in [0, 0.05) is 27.1 Å². The van der Waals surface area contributed by atoms with Crippen molar-refractivity contribution in [3.63, 3.8) is 0 Å². The number of anilines is 2. The van der Waals surface area contributed by atoms with Crippen molar-refractivity contribution < 1.29 is 9.59 Å². The molecule has 9 nitrogen and oxygen atoms in total. The summed E-state index contributed by atoms with van der Waals surface area (Å²) in [6.45, 7) is 2.16. The lowest BCUT2D eigenvalue weighted by Crippen LogP contribution is -2.41. The molecule has 0 aliphatic heterocycles. The molecular formula is C19H23N7O2S. The van der Waals surface area contributed by atoms with Crippen LogP contribution in [0.25, 0.3) is 0 Å². The first-order valence-corrected chi connectivity index (χ1v) is 9.84. The fourth-order valence-electron chi connectivity index (χ4n) is 2.85. The lowest BCUT2D eigenvalue weighted by atomic mass is 10.1. The van der Waals surface area contributed by atoms with Gasteiger partial charge in [0.15, 0.2) is 0 Å². The van der Waals surface area contributed by atoms with E-state index in [0.717, 1.165) is 21.9 Å². The Bertz CT molecular complexity index is 968. The maximum Gasteiger partial charge on any atom is 0.289 e. The summed E-state index contributed by atoms with van der Waals surface area (Å²) < 4.78 is 4.33. The van der Waals surface area contributed by atoms with E-state index in [0.29, 0.717) is 18.5 Å². The second kappa shape index (κ2) is 9.28. The SMILES string of the molecule is Cc1nsc(NC[C@@H](C=O)NC(=O)c2nnc(Cc3ccccc3)[nH]2)c1N(C)C. The van der Waals surface area contributed by atoms with Gasteiger partial charge in [-0.05, 0) is 24.0 Å². The molecule has 0 bridgehead atoms. The Morgan fingerprint density at radius 2 is 2.03 bits per heavy atom. The van der Waals surface area contributed by atoms with Crippen LogP contribution in [0.3, 0.4) is 0 Å². The number of nitrogens with zero attached hydrogens (tertiary/aromatic N) is 4. The quantitative estimate of drug-likeness (QED) is 0.457. The molecule has 1 aromatic carbocycles. The van der Waals surface area contributed by atoms with Crippen molar-refractivity contribution in [2.24, 2.45) is 0 Å². The summed E-state index contributed by atoms with van der Waals surface area (Å²) in [5.74, 6) is 0.173. The molecule has 29 heavy (non-hydrogen) atoms. The molecule has 3 rings (SSSR count). The number of aldehydes is 1. The average molecular weight is 414 g/mol. The number of hydrogen-bond donors (Lipinski definition) is 3. The maximum absolute atomic E-state index is 12.4. The Balaban J connectivity index is 1.58. The van der Waals surface area contributed by atoms with E-state index in [1.54, 1.807) is 0 Å². The number of aryl methyl sites for hydroxylation is 1. The van der Waals surface area contributed by atoms with Crippen LogP contribution < -0.4 is 15.5 Å². The van der Waals surface area contributed by atoms with E-state index < -0.39 is 11.9 Å². The van der Waals surface area contributed by atoms with E-state index in [4.69, 9.17) is 0 Å². The minimum absolute atomic E-state index is 0.0744. The van der Waals surface area contributed by atoms with Crippen molar-refractivity contribution >= 4 is 34.4 Å². The summed E-state index contributed by atoms with van der Waals surface area (Å²) in [4.78, 5) is 28.7. The summed E-state index contributed by atoms with van der Waals surface area (Å²) in [5.41, 5.74) is 2.93. The Kier molecular flexibility index (Phi) is 6.55. The molecule has 10 heteroatoms. The van der Waals surface area contributed by atoms with Gasteiger partial charge in [0.1, 0.15) is 23.2 Å². The molecule has 0 aliphatic carbocycles. The Hall–Kier alpha value is -3.27. The number of benzene rings is 1. The third-order valence-corrected chi connectivity index (χ3v) is 5.09. The van der Waals surface area contributed by atoms with Gasteiger partial charge in [-0.1, -0.05) is 30.3 Å². The summed E-state index contributed by atoms with van der Waals surface area (Å²) in [5, 5.41) is 14.6. The molecule has 0 radical (unpaired) electrons. The highest BCUT2D eigenvalue weighted by Gasteiger charge is 2.19. The second-order valence-electron chi connectivity index (χ2n) is 6.72. The number of H-pyrrole nitrogens is 1. The highest BCUT2D eigenvalue weighted by atomic mass is 32.1. The van der Waals surface area contributed by atoms with E-state index in [1.807, 2.05) is 56.3 Å². The van der Waals surface area contributed by atoms with Crippen LogP contribution in [0.4, 0.5) is 10.7 Å². The van der Waals surface area contributed by atoms with Gasteiger partial charge >= 0.3 is 0 Å². The predicted molar refractivity (Wildman–Crippen MR) is 113 cm³/mol. The number of aromatic amines is 1. The molecule has 0 fully saturated rings. The van der Waals surface area contributed by atoms with Crippen LogP contribution in [0.5, 0.6) is 0 Å². The number of carbonyl (C=O) groups excluding carboxylic acids is 2. The molecule has 0 saturated carbocycles. The van der Waals surface area contributed by atoms with E-state index in [1.165, 1.54) is 11.5 Å². The van der Waals surface area contributed by atoms with Gasteiger partial charge in [-0.25, -0.2) is 0 Å². The Labute approximate surface area is 172 Å². The minimum atomic E-state index is -0.720. The minimum Gasteiger partial charge on any atom is -0.374 e. The summed E-state index contributed by atoms with van der Waals surface area (Å²) >= 11 is 1.32. The maximum atomic E-state index is 12.4. The average Bonchev–Trinajstić information content (AvgIpc) is 3.32. The second-order valence-corrected chi connectivity index (χ2v) is 7.49. The smallest absolute Gasteiger partial charge is 0.289 e. The van der Waals surface area contributed by atoms with Crippen molar-refractivity contribution in [1.82, 2.24) is 24.9 Å². The molecular weight excluding hydrogens is 390 g/mol. The first kappa shape index (κ1) is 20.5. The van der Waals surface area contributed by atoms with Crippen molar-refractivity contribution in [3.8, 4) is 0 Å². The van der Waals surface area contributed by atoms with E-state index in [2.05, 4.69) is 30.2 Å². The number of carbonyl (C=O) groups is 2. The van der Waals surface area contributed by atoms with Gasteiger partial charge < -0.3 is 25.3 Å². The largest absolute Gasteiger partial charge is 0.374 e. The molecule has 0 saturated heterocycles. The van der Waals surface area contributed by atoms with Crippen LogP contribution >= 0.6 is 11.5 Å². The van der Waals surface area contributed by atoms with Gasteiger partial charge in [-0.2, -0.15) is 4.37 Å². The zero-order valence-electron chi connectivity index (χ0n) is 16.5. The molecule has 0 aliphatic rings. The fourth-order valence-corrected chi connectivity index (χ4v) is 3.73. The van der Waals surface area contributed by atoms with Crippen LogP contribution in [-0.2, 0) is 11.2 Å². The molecule has 0 unspecified atom stereocenters. The zero-order chi connectivity index (χ0) is 20.8. The van der Waals surface area contributed by atoms with Crippen molar-refractivity contribution in [1.29, 1.82) is 0 Å². The third kappa shape index (κ3) is 5.17. The molecule has 3 aromatic rings. The van der Waals surface area contributed by atoms with Gasteiger partial charge in [0.05, 0.1) is 11.4 Å². The van der Waals surface area contributed by atoms with Crippen molar-refractivity contribution in [3.05, 3.63) is 53.2 Å². The van der Waals surface area contributed by atoms with Crippen LogP contribution in [0.1, 0.15) is 27.7 Å². The van der Waals surface area contributed by atoms with E-state index in [9.17, 15) is 9.59 Å². The molecule has 2 heterocycles. The number of rotatable bonds is 9. The topological polar surface area (TPSA) is 116 Å². The van der Waals surface area contributed by atoms with E-state index >= 15 is 0 Å². The van der Waals surface area contributed by atoms with Crippen LogP contribution in [0, 0.1) is 6.92 Å². The molecule has 3 N–H and O–H groups in total. The molecule has 1 atom stereocenters. The highest BCUT2D eigenvalue weighted by Crippen LogP contribution is 2.32. The normalized spacial score (nSPS) is 11.7. The summed E-state index contributed by atoms with van der Waals surface area (Å²) in [6.07, 6.45) is 1.23. The number of nitrogens with one attached hydrogen (secondary N) is 3. The third-order valence-electron chi connectivity index (χ3n) is 4.21. The van der Waals surface area contributed by atoms with Crippen molar-refractivity contribution in [2.45, 2.75) is 19.4 Å². The molecule has 2 aromatic heterocycles. The van der Waals surface area contributed by atoms with Crippen molar-refractivity contribution in [2.75, 3.05) is 30.9 Å². The van der Waals surface area contributed by atoms with Gasteiger partial charge in [-0.15, -0.1) is 10.2 Å². The summed E-state index contributed by atoms with van der Waals surface area (Å²) in [6, 6.07) is 9.04. The number of amides is 1. The van der Waals surface area contributed by atoms with Crippen LogP contribution in [0.15, 0.2) is 30.3 Å². The highest BCUT2D eigenvalue weighted by molar-refractivity contribution is 7.11. The van der Waals surface area contributed by atoms with Gasteiger partial charge in [0.2, 0.25) is 5.82 Å². The zero-order valence-corrected chi connectivity index (χ0v) is 17.3. The number of aromatic nitrogens is 4. The summed E-state index contributed by atoms with van der Waals surface area (Å²) in [7, 11) is 3.86. The molecule has 152 valence electrons. The van der Waals surface area contributed by atoms with Crippen LogP contribution in [0.2, 0.25) is 0 Å². The first-order valence-electron chi connectivity index (χ1n) is 9.07. The molecule has 0 spiro atoms. The van der Waals surface area contributed by atoms with Gasteiger partial charge in [0.25, 0.3) is 5.91 Å². The predicted octanol–water partition coefficient (Wildman–Crippen LogP) is 1.64. The van der Waals surface area contributed by atoms with E-state index in [-0.39, 0.29) is 12.4 Å².